The zero-order valence-electron chi connectivity index (χ0n) is 9.04. The van der Waals surface area contributed by atoms with Crippen LogP contribution in [0.25, 0.3) is 0 Å². The molecule has 0 saturated heterocycles. The van der Waals surface area contributed by atoms with Crippen molar-refractivity contribution in [3.8, 4) is 0 Å². The molecule has 6 nitrogen and oxygen atoms in total. The van der Waals surface area contributed by atoms with E-state index in [1.165, 1.54) is 0 Å². The largest absolute Gasteiger partial charge is 0.476 e. The summed E-state index contributed by atoms with van der Waals surface area (Å²) in [6.45, 7) is 0.430. The number of hydrogen-bond donors (Lipinski definition) is 1. The van der Waals surface area contributed by atoms with Gasteiger partial charge < -0.3 is 9.52 Å². The molecule has 0 spiro atoms. The van der Waals surface area contributed by atoms with Crippen LogP contribution in [-0.4, -0.2) is 26.1 Å². The van der Waals surface area contributed by atoms with E-state index in [1.807, 2.05) is 6.07 Å². The molecule has 17 heavy (non-hydrogen) atoms. The maximum atomic E-state index is 11.0. The van der Waals surface area contributed by atoms with Gasteiger partial charge in [0.1, 0.15) is 12.3 Å². The fourth-order valence-electron chi connectivity index (χ4n) is 1.90. The molecule has 1 aliphatic carbocycles. The van der Waals surface area contributed by atoms with Crippen LogP contribution in [0, 0.1) is 0 Å². The van der Waals surface area contributed by atoms with E-state index in [-0.39, 0.29) is 11.6 Å². The third kappa shape index (κ3) is 1.82. The Morgan fingerprint density at radius 1 is 1.59 bits per heavy atom. The number of hydrogen-bond acceptors (Lipinski definition) is 4. The van der Waals surface area contributed by atoms with Gasteiger partial charge in [-0.1, -0.05) is 5.21 Å². The summed E-state index contributed by atoms with van der Waals surface area (Å²) in [6.07, 6.45) is 3.60. The van der Waals surface area contributed by atoms with Gasteiger partial charge in [0.05, 0.1) is 12.0 Å². The Morgan fingerprint density at radius 3 is 3.00 bits per heavy atom. The number of furan rings is 1. The lowest BCUT2D eigenvalue weighted by Crippen LogP contribution is -2.08. The number of carboxylic acid groups (broad SMARTS) is 1. The van der Waals surface area contributed by atoms with Crippen molar-refractivity contribution < 1.29 is 14.3 Å². The van der Waals surface area contributed by atoms with Crippen LogP contribution >= 0.6 is 0 Å². The summed E-state index contributed by atoms with van der Waals surface area (Å²) in [5.41, 5.74) is 0.785. The predicted octanol–water partition coefficient (Wildman–Crippen LogP) is 1.49. The molecular weight excluding hydrogens is 222 g/mol. The van der Waals surface area contributed by atoms with Gasteiger partial charge in [0.15, 0.2) is 5.69 Å². The topological polar surface area (TPSA) is 81.1 Å². The van der Waals surface area contributed by atoms with E-state index >= 15 is 0 Å². The second kappa shape index (κ2) is 3.73. The van der Waals surface area contributed by atoms with Crippen molar-refractivity contribution in [1.82, 2.24) is 15.0 Å². The Morgan fingerprint density at radius 2 is 2.41 bits per heavy atom. The SMILES string of the molecule is O=C(O)c1nnn(Cc2ccco2)c1C1CC1. The third-order valence-corrected chi connectivity index (χ3v) is 2.83. The molecule has 0 aliphatic heterocycles. The van der Waals surface area contributed by atoms with Gasteiger partial charge in [-0.3, -0.25) is 0 Å². The minimum atomic E-state index is -1.02. The van der Waals surface area contributed by atoms with Crippen LogP contribution in [0.15, 0.2) is 22.8 Å². The van der Waals surface area contributed by atoms with E-state index in [1.54, 1.807) is 17.0 Å². The first-order valence-corrected chi connectivity index (χ1v) is 5.45. The standard InChI is InChI=1S/C11H11N3O3/c15-11(16)9-10(7-3-4-7)14(13-12-9)6-8-2-1-5-17-8/h1-2,5,7H,3-4,6H2,(H,15,16). The first-order chi connectivity index (χ1) is 8.25. The number of nitrogens with zero attached hydrogens (tertiary/aromatic N) is 3. The number of rotatable bonds is 4. The van der Waals surface area contributed by atoms with E-state index in [9.17, 15) is 4.79 Å². The Kier molecular flexibility index (Phi) is 2.21. The molecule has 0 amide bonds. The highest BCUT2D eigenvalue weighted by molar-refractivity contribution is 5.86. The van der Waals surface area contributed by atoms with Crippen molar-refractivity contribution in [3.05, 3.63) is 35.5 Å². The van der Waals surface area contributed by atoms with Gasteiger partial charge in [-0.2, -0.15) is 0 Å². The summed E-state index contributed by atoms with van der Waals surface area (Å²) < 4.78 is 6.85. The van der Waals surface area contributed by atoms with Crippen LogP contribution in [0.1, 0.15) is 40.7 Å². The van der Waals surface area contributed by atoms with Crippen molar-refractivity contribution >= 4 is 5.97 Å². The molecule has 1 saturated carbocycles. The molecular formula is C11H11N3O3. The molecule has 0 bridgehead atoms. The Balaban J connectivity index is 1.96. The van der Waals surface area contributed by atoms with Gasteiger partial charge in [0.25, 0.3) is 0 Å². The number of carboxylic acids is 1. The monoisotopic (exact) mass is 233 g/mol. The van der Waals surface area contributed by atoms with Crippen molar-refractivity contribution in [2.75, 3.05) is 0 Å². The van der Waals surface area contributed by atoms with E-state index in [0.29, 0.717) is 12.2 Å². The highest BCUT2D eigenvalue weighted by atomic mass is 16.4. The Hall–Kier alpha value is -2.11. The smallest absolute Gasteiger partial charge is 0.358 e. The molecule has 3 rings (SSSR count). The van der Waals surface area contributed by atoms with Crippen LogP contribution in [0.5, 0.6) is 0 Å². The summed E-state index contributed by atoms with van der Waals surface area (Å²) >= 11 is 0. The van der Waals surface area contributed by atoms with Crippen LogP contribution in [0.3, 0.4) is 0 Å². The molecule has 2 heterocycles. The molecule has 0 radical (unpaired) electrons. The summed E-state index contributed by atoms with van der Waals surface area (Å²) in [5, 5.41) is 16.7. The average Bonchev–Trinajstić information content (AvgIpc) is 2.85. The number of aromatic nitrogens is 3. The summed E-state index contributed by atoms with van der Waals surface area (Å²) in [7, 11) is 0. The molecule has 1 aliphatic rings. The lowest BCUT2D eigenvalue weighted by Gasteiger charge is -2.03. The van der Waals surface area contributed by atoms with Crippen LogP contribution < -0.4 is 0 Å². The molecule has 2 aromatic rings. The maximum Gasteiger partial charge on any atom is 0.358 e. The quantitative estimate of drug-likeness (QED) is 0.865. The Labute approximate surface area is 96.9 Å². The summed E-state index contributed by atoms with van der Waals surface area (Å²) in [4.78, 5) is 11.0. The maximum absolute atomic E-state index is 11.0. The normalized spacial score (nSPS) is 15.1. The van der Waals surface area contributed by atoms with Crippen LogP contribution in [-0.2, 0) is 6.54 Å². The zero-order chi connectivity index (χ0) is 11.8. The molecule has 0 unspecified atom stereocenters. The van der Waals surface area contributed by atoms with E-state index in [2.05, 4.69) is 10.3 Å². The minimum absolute atomic E-state index is 0.0686. The first kappa shape index (κ1) is 10.1. The average molecular weight is 233 g/mol. The third-order valence-electron chi connectivity index (χ3n) is 2.83. The van der Waals surface area contributed by atoms with Gasteiger partial charge in [-0.05, 0) is 25.0 Å². The molecule has 1 N–H and O–H groups in total. The second-order valence-corrected chi connectivity index (χ2v) is 4.14. The molecule has 2 aromatic heterocycles. The predicted molar refractivity (Wildman–Crippen MR) is 56.8 cm³/mol. The fourth-order valence-corrected chi connectivity index (χ4v) is 1.90. The molecule has 1 fully saturated rings. The Bertz CT molecular complexity index is 540. The number of aromatic carboxylic acids is 1. The van der Waals surface area contributed by atoms with Crippen LogP contribution in [0.4, 0.5) is 0 Å². The van der Waals surface area contributed by atoms with E-state index < -0.39 is 5.97 Å². The van der Waals surface area contributed by atoms with E-state index in [4.69, 9.17) is 9.52 Å². The van der Waals surface area contributed by atoms with Gasteiger partial charge in [-0.15, -0.1) is 5.10 Å². The number of carbonyl (C=O) groups is 1. The molecule has 0 aromatic carbocycles. The van der Waals surface area contributed by atoms with Crippen molar-refractivity contribution in [1.29, 1.82) is 0 Å². The fraction of sp³-hybridized carbons (Fsp3) is 0.364. The van der Waals surface area contributed by atoms with Gasteiger partial charge in [0, 0.05) is 5.92 Å². The van der Waals surface area contributed by atoms with Gasteiger partial charge in [0.2, 0.25) is 0 Å². The van der Waals surface area contributed by atoms with Crippen molar-refractivity contribution in [2.45, 2.75) is 25.3 Å². The molecule has 88 valence electrons. The van der Waals surface area contributed by atoms with Gasteiger partial charge >= 0.3 is 5.97 Å². The molecule has 6 heteroatoms. The zero-order valence-corrected chi connectivity index (χ0v) is 9.04. The highest BCUT2D eigenvalue weighted by Gasteiger charge is 2.33. The minimum Gasteiger partial charge on any atom is -0.476 e. The second-order valence-electron chi connectivity index (χ2n) is 4.14. The summed E-state index contributed by atoms with van der Waals surface area (Å²) in [5.74, 6) is 0.0115. The highest BCUT2D eigenvalue weighted by Crippen LogP contribution is 2.41. The lowest BCUT2D eigenvalue weighted by atomic mass is 10.2. The van der Waals surface area contributed by atoms with Gasteiger partial charge in [-0.25, -0.2) is 9.48 Å². The summed E-state index contributed by atoms with van der Waals surface area (Å²) in [6, 6.07) is 3.62. The molecule has 0 atom stereocenters. The van der Waals surface area contributed by atoms with Crippen molar-refractivity contribution in [2.24, 2.45) is 0 Å². The van der Waals surface area contributed by atoms with E-state index in [0.717, 1.165) is 18.6 Å². The lowest BCUT2D eigenvalue weighted by molar-refractivity contribution is 0.0689. The first-order valence-electron chi connectivity index (χ1n) is 5.45. The van der Waals surface area contributed by atoms with Crippen molar-refractivity contribution in [3.63, 3.8) is 0 Å². The van der Waals surface area contributed by atoms with Crippen LogP contribution in [0.2, 0.25) is 0 Å².